The van der Waals surface area contributed by atoms with E-state index in [1.54, 1.807) is 12.7 Å². The first-order chi connectivity index (χ1) is 8.86. The summed E-state index contributed by atoms with van der Waals surface area (Å²) in [5.41, 5.74) is 1.61. The van der Waals surface area contributed by atoms with Gasteiger partial charge in [0.25, 0.3) is 0 Å². The van der Waals surface area contributed by atoms with Crippen molar-refractivity contribution in [2.75, 3.05) is 31.5 Å². The molecule has 0 aromatic carbocycles. The number of hydrogen-bond acceptors (Lipinski definition) is 5. The third-order valence-corrected chi connectivity index (χ3v) is 3.60. The topological polar surface area (TPSA) is 69.7 Å². The number of aromatic nitrogens is 4. The van der Waals surface area contributed by atoms with Crippen LogP contribution in [-0.4, -0.2) is 51.0 Å². The predicted molar refractivity (Wildman–Crippen MR) is 70.4 cm³/mol. The van der Waals surface area contributed by atoms with Gasteiger partial charge in [0.15, 0.2) is 11.5 Å². The Hall–Kier alpha value is -1.69. The average molecular weight is 246 g/mol. The minimum Gasteiger partial charge on any atom is -0.368 e. The Labute approximate surface area is 106 Å². The van der Waals surface area contributed by atoms with E-state index in [-0.39, 0.29) is 0 Å². The van der Waals surface area contributed by atoms with Crippen molar-refractivity contribution in [2.24, 2.45) is 5.92 Å². The monoisotopic (exact) mass is 246 g/mol. The van der Waals surface area contributed by atoms with Gasteiger partial charge in [0, 0.05) is 13.1 Å². The molecule has 2 N–H and O–H groups in total. The molecule has 6 nitrogen and oxygen atoms in total. The Morgan fingerprint density at radius 2 is 2.39 bits per heavy atom. The van der Waals surface area contributed by atoms with E-state index in [1.807, 2.05) is 0 Å². The summed E-state index contributed by atoms with van der Waals surface area (Å²) in [6.07, 6.45) is 4.47. The lowest BCUT2D eigenvalue weighted by Crippen LogP contribution is -2.22. The van der Waals surface area contributed by atoms with E-state index in [9.17, 15) is 0 Å². The summed E-state index contributed by atoms with van der Waals surface area (Å²) in [6, 6.07) is 0. The van der Waals surface area contributed by atoms with E-state index in [1.165, 1.54) is 19.5 Å². The van der Waals surface area contributed by atoms with E-state index in [2.05, 4.69) is 37.1 Å². The first-order valence-corrected chi connectivity index (χ1v) is 6.47. The number of nitrogens with one attached hydrogen (secondary N) is 2. The van der Waals surface area contributed by atoms with Crippen LogP contribution in [0.25, 0.3) is 11.2 Å². The highest BCUT2D eigenvalue weighted by Crippen LogP contribution is 2.18. The molecule has 18 heavy (non-hydrogen) atoms. The molecule has 3 rings (SSSR count). The Morgan fingerprint density at radius 3 is 3.22 bits per heavy atom. The lowest BCUT2D eigenvalue weighted by atomic mass is 10.1. The van der Waals surface area contributed by atoms with Crippen molar-refractivity contribution >= 4 is 17.0 Å². The van der Waals surface area contributed by atoms with Crippen molar-refractivity contribution in [2.45, 2.75) is 13.3 Å². The second kappa shape index (κ2) is 4.89. The van der Waals surface area contributed by atoms with Gasteiger partial charge in [-0.15, -0.1) is 0 Å². The molecule has 0 amide bonds. The number of aromatic amines is 1. The molecule has 96 valence electrons. The molecule has 1 saturated heterocycles. The maximum absolute atomic E-state index is 4.27. The van der Waals surface area contributed by atoms with Crippen LogP contribution in [0.15, 0.2) is 12.7 Å². The molecule has 1 aliphatic rings. The van der Waals surface area contributed by atoms with Crippen molar-refractivity contribution < 1.29 is 0 Å². The summed E-state index contributed by atoms with van der Waals surface area (Å²) in [4.78, 5) is 18.1. The number of hydrogen-bond donors (Lipinski definition) is 2. The van der Waals surface area contributed by atoms with Gasteiger partial charge >= 0.3 is 0 Å². The van der Waals surface area contributed by atoms with Crippen LogP contribution in [0.3, 0.4) is 0 Å². The standard InChI is InChI=1S/C12H18N6/c1-2-18-4-3-9(6-18)5-13-11-10-12(15-7-14-10)17-8-16-11/h7-9H,2-6H2,1H3,(H2,13,14,15,16,17). The minimum atomic E-state index is 0.706. The van der Waals surface area contributed by atoms with Gasteiger partial charge in [-0.25, -0.2) is 15.0 Å². The maximum atomic E-state index is 4.27. The predicted octanol–water partition coefficient (Wildman–Crippen LogP) is 1.11. The molecule has 1 fully saturated rings. The minimum absolute atomic E-state index is 0.706. The fraction of sp³-hybridized carbons (Fsp3) is 0.583. The van der Waals surface area contributed by atoms with Crippen LogP contribution in [-0.2, 0) is 0 Å². The van der Waals surface area contributed by atoms with Crippen molar-refractivity contribution in [3.63, 3.8) is 0 Å². The highest BCUT2D eigenvalue weighted by molar-refractivity contribution is 5.81. The highest BCUT2D eigenvalue weighted by atomic mass is 15.1. The summed E-state index contributed by atoms with van der Waals surface area (Å²) < 4.78 is 0. The number of rotatable bonds is 4. The van der Waals surface area contributed by atoms with E-state index in [0.29, 0.717) is 11.6 Å². The molecular formula is C12H18N6. The van der Waals surface area contributed by atoms with Crippen LogP contribution >= 0.6 is 0 Å². The van der Waals surface area contributed by atoms with E-state index in [0.717, 1.165) is 24.4 Å². The van der Waals surface area contributed by atoms with E-state index >= 15 is 0 Å². The molecule has 3 heterocycles. The van der Waals surface area contributed by atoms with Gasteiger partial charge in [-0.1, -0.05) is 6.92 Å². The molecule has 1 unspecified atom stereocenters. The molecule has 1 atom stereocenters. The third-order valence-electron chi connectivity index (χ3n) is 3.60. The summed E-state index contributed by atoms with van der Waals surface area (Å²) in [5, 5.41) is 3.41. The van der Waals surface area contributed by atoms with Crippen LogP contribution in [0.5, 0.6) is 0 Å². The average Bonchev–Trinajstić information content (AvgIpc) is 3.05. The maximum Gasteiger partial charge on any atom is 0.182 e. The Morgan fingerprint density at radius 1 is 1.44 bits per heavy atom. The SMILES string of the molecule is CCN1CCC(CNc2ncnc3nc[nH]c23)C1. The number of H-pyrrole nitrogens is 1. The van der Waals surface area contributed by atoms with Crippen LogP contribution in [0.4, 0.5) is 5.82 Å². The quantitative estimate of drug-likeness (QED) is 0.845. The number of imidazole rings is 1. The summed E-state index contributed by atoms with van der Waals surface area (Å²) in [7, 11) is 0. The molecule has 0 bridgehead atoms. The molecule has 2 aromatic heterocycles. The molecular weight excluding hydrogens is 228 g/mol. The van der Waals surface area contributed by atoms with Crippen LogP contribution in [0.2, 0.25) is 0 Å². The normalized spacial score (nSPS) is 20.6. The van der Waals surface area contributed by atoms with Gasteiger partial charge in [-0.05, 0) is 25.4 Å². The first kappa shape index (κ1) is 11.4. The van der Waals surface area contributed by atoms with Gasteiger partial charge < -0.3 is 15.2 Å². The zero-order valence-electron chi connectivity index (χ0n) is 10.6. The molecule has 0 saturated carbocycles. The van der Waals surface area contributed by atoms with Crippen LogP contribution < -0.4 is 5.32 Å². The zero-order valence-corrected chi connectivity index (χ0v) is 10.6. The van der Waals surface area contributed by atoms with Crippen molar-refractivity contribution in [3.8, 4) is 0 Å². The number of nitrogens with zero attached hydrogens (tertiary/aromatic N) is 4. The first-order valence-electron chi connectivity index (χ1n) is 6.47. The van der Waals surface area contributed by atoms with E-state index < -0.39 is 0 Å². The fourth-order valence-corrected chi connectivity index (χ4v) is 2.51. The van der Waals surface area contributed by atoms with Gasteiger partial charge in [0.05, 0.1) is 6.33 Å². The molecule has 1 aliphatic heterocycles. The summed E-state index contributed by atoms with van der Waals surface area (Å²) in [6.45, 7) is 6.72. The molecule has 0 spiro atoms. The largest absolute Gasteiger partial charge is 0.368 e. The number of anilines is 1. The Bertz CT molecular complexity index is 522. The van der Waals surface area contributed by atoms with Crippen LogP contribution in [0.1, 0.15) is 13.3 Å². The molecule has 0 aliphatic carbocycles. The molecule has 0 radical (unpaired) electrons. The molecule has 6 heteroatoms. The van der Waals surface area contributed by atoms with Crippen molar-refractivity contribution in [1.82, 2.24) is 24.8 Å². The molecule has 2 aromatic rings. The lowest BCUT2D eigenvalue weighted by molar-refractivity contribution is 0.345. The van der Waals surface area contributed by atoms with Crippen molar-refractivity contribution in [1.29, 1.82) is 0 Å². The lowest BCUT2D eigenvalue weighted by Gasteiger charge is -2.14. The van der Waals surface area contributed by atoms with Crippen molar-refractivity contribution in [3.05, 3.63) is 12.7 Å². The smallest absolute Gasteiger partial charge is 0.182 e. The van der Waals surface area contributed by atoms with Gasteiger partial charge in [0.2, 0.25) is 0 Å². The van der Waals surface area contributed by atoms with E-state index in [4.69, 9.17) is 0 Å². The second-order valence-electron chi connectivity index (χ2n) is 4.75. The Kier molecular flexibility index (Phi) is 3.10. The summed E-state index contributed by atoms with van der Waals surface area (Å²) in [5.74, 6) is 1.56. The Balaban J connectivity index is 1.65. The second-order valence-corrected chi connectivity index (χ2v) is 4.75. The third kappa shape index (κ3) is 2.15. The highest BCUT2D eigenvalue weighted by Gasteiger charge is 2.21. The van der Waals surface area contributed by atoms with Gasteiger partial charge in [-0.3, -0.25) is 0 Å². The van der Waals surface area contributed by atoms with Gasteiger partial charge in [0.1, 0.15) is 11.8 Å². The van der Waals surface area contributed by atoms with Gasteiger partial charge in [-0.2, -0.15) is 0 Å². The number of fused-ring (bicyclic) bond motifs is 1. The summed E-state index contributed by atoms with van der Waals surface area (Å²) >= 11 is 0. The zero-order chi connectivity index (χ0) is 12.4. The number of likely N-dealkylation sites (tertiary alicyclic amines) is 1. The van der Waals surface area contributed by atoms with Crippen LogP contribution in [0, 0.1) is 5.92 Å². The fourth-order valence-electron chi connectivity index (χ4n) is 2.51.